The number of methoxy groups -OCH3 is 4. The molecule has 0 spiro atoms. The molecule has 0 radical (unpaired) electrons. The number of carboxylic acid groups (broad SMARTS) is 1. The zero-order chi connectivity index (χ0) is 25.1. The molecule has 0 saturated heterocycles. The Kier molecular flexibility index (Phi) is 9.52. The molecule has 8 nitrogen and oxygen atoms in total. The number of hydrogen-bond donors (Lipinski definition) is 2. The Labute approximate surface area is 197 Å². The maximum absolute atomic E-state index is 12.4. The second-order valence-electron chi connectivity index (χ2n) is 6.70. The minimum absolute atomic E-state index is 0.134. The summed E-state index contributed by atoms with van der Waals surface area (Å²) >= 11 is 0. The number of rotatable bonds is 8. The Morgan fingerprint density at radius 3 is 1.97 bits per heavy atom. The third-order valence-corrected chi connectivity index (χ3v) is 4.60. The Morgan fingerprint density at radius 2 is 1.41 bits per heavy atom. The fraction of sp³-hybridized carbons (Fsp3) is 0.154. The molecule has 178 valence electrons. The second-order valence-corrected chi connectivity index (χ2v) is 6.70. The van der Waals surface area contributed by atoms with Crippen LogP contribution in [0.3, 0.4) is 0 Å². The molecule has 0 aliphatic heterocycles. The molecule has 2 N–H and O–H groups in total. The molecule has 0 atom stereocenters. The van der Waals surface area contributed by atoms with Gasteiger partial charge < -0.3 is 29.2 Å². The van der Waals surface area contributed by atoms with E-state index in [-0.39, 0.29) is 22.8 Å². The first-order chi connectivity index (χ1) is 16.3. The number of aromatic hydroxyl groups is 1. The van der Waals surface area contributed by atoms with Gasteiger partial charge in [0.1, 0.15) is 22.8 Å². The van der Waals surface area contributed by atoms with Crippen LogP contribution >= 0.6 is 0 Å². The molecule has 8 heteroatoms. The lowest BCUT2D eigenvalue weighted by Crippen LogP contribution is -2.04. The first-order valence-corrected chi connectivity index (χ1v) is 10.0. The van der Waals surface area contributed by atoms with Crippen LogP contribution in [0.25, 0.3) is 6.08 Å². The van der Waals surface area contributed by atoms with E-state index in [9.17, 15) is 14.7 Å². The Balaban J connectivity index is 0.000000248. The summed E-state index contributed by atoms with van der Waals surface area (Å²) < 4.78 is 20.3. The summed E-state index contributed by atoms with van der Waals surface area (Å²) in [5.74, 6) is 0.465. The highest BCUT2D eigenvalue weighted by Gasteiger charge is 2.20. The topological polar surface area (TPSA) is 112 Å². The number of phenolic OH excluding ortho intramolecular Hbond substituents is 1. The summed E-state index contributed by atoms with van der Waals surface area (Å²) in [7, 11) is 6.00. The molecule has 0 saturated carbocycles. The molecule has 0 bridgehead atoms. The average Bonchev–Trinajstić information content (AvgIpc) is 2.87. The van der Waals surface area contributed by atoms with E-state index in [1.54, 1.807) is 55.6 Å². The maximum atomic E-state index is 12.4. The zero-order valence-electron chi connectivity index (χ0n) is 19.3. The average molecular weight is 466 g/mol. The van der Waals surface area contributed by atoms with Crippen LogP contribution in [0.2, 0.25) is 0 Å². The molecule has 0 aromatic heterocycles. The first kappa shape index (κ1) is 25.8. The van der Waals surface area contributed by atoms with Crippen molar-refractivity contribution in [2.75, 3.05) is 28.4 Å². The molecular formula is C26H26O8. The van der Waals surface area contributed by atoms with Crippen molar-refractivity contribution in [2.24, 2.45) is 0 Å². The molecule has 0 heterocycles. The number of carbonyl (C=O) groups excluding carboxylic acids is 1. The number of phenols is 1. The van der Waals surface area contributed by atoms with Crippen molar-refractivity contribution in [1.82, 2.24) is 0 Å². The van der Waals surface area contributed by atoms with Crippen LogP contribution in [0.4, 0.5) is 0 Å². The first-order valence-electron chi connectivity index (χ1n) is 10.0. The van der Waals surface area contributed by atoms with E-state index < -0.39 is 5.97 Å². The second kappa shape index (κ2) is 12.5. The lowest BCUT2D eigenvalue weighted by Gasteiger charge is -2.11. The summed E-state index contributed by atoms with van der Waals surface area (Å²) in [5, 5.41) is 18.4. The summed E-state index contributed by atoms with van der Waals surface area (Å²) in [6, 6.07) is 16.9. The highest BCUT2D eigenvalue weighted by Crippen LogP contribution is 2.34. The smallest absolute Gasteiger partial charge is 0.328 e. The predicted octanol–water partition coefficient (Wildman–Crippen LogP) is 4.44. The van der Waals surface area contributed by atoms with Gasteiger partial charge in [0.2, 0.25) is 5.78 Å². The summed E-state index contributed by atoms with van der Waals surface area (Å²) in [6.45, 7) is 0. The van der Waals surface area contributed by atoms with E-state index >= 15 is 0 Å². The van der Waals surface area contributed by atoms with Crippen LogP contribution in [0, 0.1) is 0 Å². The monoisotopic (exact) mass is 466 g/mol. The van der Waals surface area contributed by atoms with Crippen LogP contribution < -0.4 is 18.9 Å². The van der Waals surface area contributed by atoms with Crippen molar-refractivity contribution < 1.29 is 38.7 Å². The lowest BCUT2D eigenvalue weighted by molar-refractivity contribution is -0.131. The summed E-state index contributed by atoms with van der Waals surface area (Å²) in [4.78, 5) is 22.7. The van der Waals surface area contributed by atoms with Crippen molar-refractivity contribution in [2.45, 2.75) is 0 Å². The van der Waals surface area contributed by atoms with Gasteiger partial charge in [0.15, 0.2) is 11.5 Å². The number of aliphatic carboxylic acids is 1. The van der Waals surface area contributed by atoms with Crippen molar-refractivity contribution in [3.63, 3.8) is 0 Å². The minimum Gasteiger partial charge on any atom is -0.507 e. The number of ether oxygens (including phenoxy) is 4. The lowest BCUT2D eigenvalue weighted by atomic mass is 10.0. The van der Waals surface area contributed by atoms with Crippen molar-refractivity contribution in [3.05, 3.63) is 83.4 Å². The van der Waals surface area contributed by atoms with Crippen LogP contribution in [-0.4, -0.2) is 50.4 Å². The van der Waals surface area contributed by atoms with Gasteiger partial charge in [0.05, 0.1) is 28.4 Å². The van der Waals surface area contributed by atoms with Gasteiger partial charge in [-0.3, -0.25) is 4.79 Å². The van der Waals surface area contributed by atoms with Gasteiger partial charge in [0.25, 0.3) is 0 Å². The van der Waals surface area contributed by atoms with Crippen LogP contribution in [0.5, 0.6) is 28.7 Å². The van der Waals surface area contributed by atoms with E-state index in [4.69, 9.17) is 24.1 Å². The molecule has 3 aromatic rings. The van der Waals surface area contributed by atoms with E-state index in [0.717, 1.165) is 11.6 Å². The Morgan fingerprint density at radius 1 is 0.765 bits per heavy atom. The predicted molar refractivity (Wildman–Crippen MR) is 127 cm³/mol. The Bertz CT molecular complexity index is 1150. The molecule has 3 aromatic carbocycles. The van der Waals surface area contributed by atoms with Gasteiger partial charge in [0, 0.05) is 23.8 Å². The molecule has 3 rings (SSSR count). The van der Waals surface area contributed by atoms with Gasteiger partial charge in [-0.25, -0.2) is 4.79 Å². The third-order valence-electron chi connectivity index (χ3n) is 4.60. The molecule has 0 fully saturated rings. The standard InChI is InChI=1S/C15H14O4.C11H12O4/c1-18-11-8-12(16)14(13(9-11)19-2)15(17)10-6-4-3-5-7-10;1-14-9-5-3-8(4-6-11(12)13)7-10(9)15-2/h3-9,16H,1-2H3;3-7H,1-2H3,(H,12,13). The number of carboxylic acids is 1. The number of ketones is 1. The van der Waals surface area contributed by atoms with Crippen molar-refractivity contribution in [3.8, 4) is 28.7 Å². The van der Waals surface area contributed by atoms with Gasteiger partial charge in [-0.1, -0.05) is 36.4 Å². The highest BCUT2D eigenvalue weighted by molar-refractivity contribution is 6.12. The molecular weight excluding hydrogens is 440 g/mol. The highest BCUT2D eigenvalue weighted by atomic mass is 16.5. The largest absolute Gasteiger partial charge is 0.507 e. The number of hydrogen-bond acceptors (Lipinski definition) is 7. The Hall–Kier alpha value is -4.46. The normalized spacial score (nSPS) is 10.1. The minimum atomic E-state index is -0.982. The number of benzene rings is 3. The molecule has 0 aliphatic carbocycles. The van der Waals surface area contributed by atoms with Gasteiger partial charge in [-0.05, 0) is 23.8 Å². The van der Waals surface area contributed by atoms with E-state index in [1.165, 1.54) is 33.5 Å². The van der Waals surface area contributed by atoms with E-state index in [1.807, 2.05) is 6.07 Å². The third kappa shape index (κ3) is 6.77. The molecule has 0 aliphatic rings. The van der Waals surface area contributed by atoms with Crippen LogP contribution in [-0.2, 0) is 4.79 Å². The fourth-order valence-electron chi connectivity index (χ4n) is 2.94. The van der Waals surface area contributed by atoms with Crippen LogP contribution in [0.15, 0.2) is 66.7 Å². The van der Waals surface area contributed by atoms with Gasteiger partial charge in [-0.2, -0.15) is 0 Å². The SMILES string of the molecule is COc1cc(O)c(C(=O)c2ccccc2)c(OC)c1.COc1ccc(C=CC(=O)O)cc1OC. The quantitative estimate of drug-likeness (QED) is 0.370. The molecule has 0 amide bonds. The van der Waals surface area contributed by atoms with Gasteiger partial charge >= 0.3 is 5.97 Å². The van der Waals surface area contributed by atoms with E-state index in [0.29, 0.717) is 22.8 Å². The van der Waals surface area contributed by atoms with E-state index in [2.05, 4.69) is 0 Å². The van der Waals surface area contributed by atoms with Gasteiger partial charge in [-0.15, -0.1) is 0 Å². The fourth-order valence-corrected chi connectivity index (χ4v) is 2.94. The van der Waals surface area contributed by atoms with Crippen molar-refractivity contribution in [1.29, 1.82) is 0 Å². The maximum Gasteiger partial charge on any atom is 0.328 e. The number of carbonyl (C=O) groups is 2. The van der Waals surface area contributed by atoms with Crippen LogP contribution in [0.1, 0.15) is 21.5 Å². The zero-order valence-corrected chi connectivity index (χ0v) is 19.3. The molecule has 34 heavy (non-hydrogen) atoms. The summed E-state index contributed by atoms with van der Waals surface area (Å²) in [6.07, 6.45) is 2.56. The summed E-state index contributed by atoms with van der Waals surface area (Å²) in [5.41, 5.74) is 1.37. The van der Waals surface area contributed by atoms with Crippen molar-refractivity contribution >= 4 is 17.8 Å². The molecule has 0 unspecified atom stereocenters.